The van der Waals surface area contributed by atoms with Gasteiger partial charge in [-0.25, -0.2) is 4.79 Å². The molecule has 3 aromatic rings. The van der Waals surface area contributed by atoms with Gasteiger partial charge in [-0.05, 0) is 41.1 Å². The zero-order chi connectivity index (χ0) is 15.0. The predicted molar refractivity (Wildman–Crippen MR) is 85.4 cm³/mol. The summed E-state index contributed by atoms with van der Waals surface area (Å²) >= 11 is 3.58. The highest BCUT2D eigenvalue weighted by Gasteiger charge is 2.19. The molecule has 2 aromatic carbocycles. The summed E-state index contributed by atoms with van der Waals surface area (Å²) < 4.78 is 11.6. The van der Waals surface area contributed by atoms with E-state index in [4.69, 9.17) is 9.15 Å². The minimum atomic E-state index is -0.380. The minimum Gasteiger partial charge on any atom is -0.465 e. The van der Waals surface area contributed by atoms with Crippen molar-refractivity contribution in [2.45, 2.75) is 6.92 Å². The summed E-state index contributed by atoms with van der Waals surface area (Å²) in [7, 11) is 1.37. The molecule has 1 aromatic heterocycles. The second-order valence-electron chi connectivity index (χ2n) is 4.78. The first-order valence-electron chi connectivity index (χ1n) is 6.48. The Morgan fingerprint density at radius 2 is 1.95 bits per heavy atom. The van der Waals surface area contributed by atoms with Crippen LogP contribution in [-0.4, -0.2) is 13.1 Å². The molecule has 106 valence electrons. The van der Waals surface area contributed by atoms with Gasteiger partial charge in [-0.2, -0.15) is 0 Å². The van der Waals surface area contributed by atoms with Crippen LogP contribution >= 0.6 is 15.9 Å². The lowest BCUT2D eigenvalue weighted by atomic mass is 10.0. The summed E-state index contributed by atoms with van der Waals surface area (Å²) in [6, 6.07) is 13.2. The third kappa shape index (κ3) is 2.36. The average molecular weight is 345 g/mol. The van der Waals surface area contributed by atoms with Crippen LogP contribution in [0.3, 0.4) is 0 Å². The molecule has 3 rings (SSSR count). The number of fused-ring (bicyclic) bond motifs is 1. The van der Waals surface area contributed by atoms with Crippen molar-refractivity contribution >= 4 is 32.9 Å². The van der Waals surface area contributed by atoms with Crippen molar-refractivity contribution in [1.29, 1.82) is 0 Å². The molecule has 21 heavy (non-hydrogen) atoms. The second-order valence-corrected chi connectivity index (χ2v) is 5.57. The van der Waals surface area contributed by atoms with Gasteiger partial charge < -0.3 is 9.15 Å². The predicted octanol–water partition coefficient (Wildman–Crippen LogP) is 4.96. The number of furan rings is 1. The van der Waals surface area contributed by atoms with E-state index in [0.717, 1.165) is 21.0 Å². The summed E-state index contributed by atoms with van der Waals surface area (Å²) in [5.74, 6) is 0.255. The number of aryl methyl sites for hydroxylation is 1. The Bertz CT molecular complexity index is 833. The van der Waals surface area contributed by atoms with Crippen LogP contribution < -0.4 is 0 Å². The minimum absolute atomic E-state index is 0.380. The molecule has 0 bridgehead atoms. The molecule has 0 fully saturated rings. The number of ether oxygens (including phenoxy) is 1. The standard InChI is InChI=1S/C17H13BrO3/c1-10-7-8-14-13(9-10)15(18)16(21-14)11-5-3-4-6-12(11)17(19)20-2/h3-9H,1-2H3. The van der Waals surface area contributed by atoms with Gasteiger partial charge in [-0.15, -0.1) is 0 Å². The van der Waals surface area contributed by atoms with Crippen LogP contribution in [0, 0.1) is 6.92 Å². The van der Waals surface area contributed by atoms with Gasteiger partial charge in [-0.3, -0.25) is 0 Å². The molecule has 0 N–H and O–H groups in total. The molecule has 3 nitrogen and oxygen atoms in total. The van der Waals surface area contributed by atoms with Crippen LogP contribution in [-0.2, 0) is 4.74 Å². The van der Waals surface area contributed by atoms with Crippen LogP contribution in [0.1, 0.15) is 15.9 Å². The van der Waals surface area contributed by atoms with E-state index in [1.165, 1.54) is 7.11 Å². The van der Waals surface area contributed by atoms with Gasteiger partial charge >= 0.3 is 5.97 Å². The van der Waals surface area contributed by atoms with Crippen LogP contribution in [0.15, 0.2) is 51.4 Å². The fourth-order valence-electron chi connectivity index (χ4n) is 2.32. The lowest BCUT2D eigenvalue weighted by Gasteiger charge is -2.05. The molecule has 0 aliphatic heterocycles. The van der Waals surface area contributed by atoms with Crippen molar-refractivity contribution in [3.8, 4) is 11.3 Å². The van der Waals surface area contributed by atoms with Gasteiger partial charge in [0.2, 0.25) is 0 Å². The van der Waals surface area contributed by atoms with Gasteiger partial charge in [0.15, 0.2) is 0 Å². The Hall–Kier alpha value is -2.07. The molecule has 0 unspecified atom stereocenters. The van der Waals surface area contributed by atoms with Gasteiger partial charge in [0.05, 0.1) is 17.1 Å². The van der Waals surface area contributed by atoms with E-state index in [1.54, 1.807) is 12.1 Å². The molecule has 0 amide bonds. The van der Waals surface area contributed by atoms with Crippen LogP contribution in [0.4, 0.5) is 0 Å². The Labute approximate surface area is 130 Å². The number of carbonyl (C=O) groups excluding carboxylic acids is 1. The number of esters is 1. The number of hydrogen-bond donors (Lipinski definition) is 0. The maximum atomic E-state index is 11.9. The van der Waals surface area contributed by atoms with Crippen LogP contribution in [0.2, 0.25) is 0 Å². The highest BCUT2D eigenvalue weighted by molar-refractivity contribution is 9.10. The summed E-state index contributed by atoms with van der Waals surface area (Å²) in [6.07, 6.45) is 0. The SMILES string of the molecule is COC(=O)c1ccccc1-c1oc2ccc(C)cc2c1Br. The molecule has 0 saturated carbocycles. The van der Waals surface area contributed by atoms with Crippen molar-refractivity contribution in [2.24, 2.45) is 0 Å². The first-order valence-corrected chi connectivity index (χ1v) is 7.27. The lowest BCUT2D eigenvalue weighted by Crippen LogP contribution is -2.03. The van der Waals surface area contributed by atoms with Gasteiger partial charge in [0.25, 0.3) is 0 Å². The average Bonchev–Trinajstić information content (AvgIpc) is 2.83. The van der Waals surface area contributed by atoms with E-state index in [2.05, 4.69) is 15.9 Å². The molecular weight excluding hydrogens is 332 g/mol. The molecule has 0 atom stereocenters. The molecule has 0 aliphatic rings. The Morgan fingerprint density at radius 3 is 2.71 bits per heavy atom. The van der Waals surface area contributed by atoms with E-state index < -0.39 is 0 Å². The highest BCUT2D eigenvalue weighted by atomic mass is 79.9. The Balaban J connectivity index is 2.26. The highest BCUT2D eigenvalue weighted by Crippen LogP contribution is 2.39. The van der Waals surface area contributed by atoms with Crippen molar-refractivity contribution in [3.05, 3.63) is 58.1 Å². The topological polar surface area (TPSA) is 39.4 Å². The van der Waals surface area contributed by atoms with Gasteiger partial charge in [-0.1, -0.05) is 29.8 Å². The Morgan fingerprint density at radius 1 is 1.19 bits per heavy atom. The smallest absolute Gasteiger partial charge is 0.338 e. The van der Waals surface area contributed by atoms with Crippen molar-refractivity contribution in [2.75, 3.05) is 7.11 Å². The van der Waals surface area contributed by atoms with E-state index in [0.29, 0.717) is 16.9 Å². The number of benzene rings is 2. The number of rotatable bonds is 2. The number of hydrogen-bond acceptors (Lipinski definition) is 3. The van der Waals surface area contributed by atoms with Gasteiger partial charge in [0, 0.05) is 10.9 Å². The van der Waals surface area contributed by atoms with E-state index in [-0.39, 0.29) is 5.97 Å². The fourth-order valence-corrected chi connectivity index (χ4v) is 2.93. The van der Waals surface area contributed by atoms with Crippen LogP contribution in [0.25, 0.3) is 22.3 Å². The maximum Gasteiger partial charge on any atom is 0.338 e. The quantitative estimate of drug-likeness (QED) is 0.617. The third-order valence-electron chi connectivity index (χ3n) is 3.36. The fraction of sp³-hybridized carbons (Fsp3) is 0.118. The molecule has 0 saturated heterocycles. The van der Waals surface area contributed by atoms with E-state index >= 15 is 0 Å². The van der Waals surface area contributed by atoms with Crippen molar-refractivity contribution < 1.29 is 13.9 Å². The molecule has 0 spiro atoms. The summed E-state index contributed by atoms with van der Waals surface area (Å²) in [5, 5.41) is 0.990. The summed E-state index contributed by atoms with van der Waals surface area (Å²) in [6.45, 7) is 2.03. The van der Waals surface area contributed by atoms with Gasteiger partial charge in [0.1, 0.15) is 11.3 Å². The van der Waals surface area contributed by atoms with Crippen molar-refractivity contribution in [3.63, 3.8) is 0 Å². The zero-order valence-corrected chi connectivity index (χ0v) is 13.2. The molecule has 4 heteroatoms. The monoisotopic (exact) mass is 344 g/mol. The third-order valence-corrected chi connectivity index (χ3v) is 4.15. The molecular formula is C17H13BrO3. The number of methoxy groups -OCH3 is 1. The summed E-state index contributed by atoms with van der Waals surface area (Å²) in [5.41, 5.74) is 3.13. The first kappa shape index (κ1) is 13.9. The van der Waals surface area contributed by atoms with E-state index in [9.17, 15) is 4.79 Å². The number of halogens is 1. The Kier molecular flexibility index (Phi) is 3.55. The summed E-state index contributed by atoms with van der Waals surface area (Å²) in [4.78, 5) is 11.9. The molecule has 0 radical (unpaired) electrons. The maximum absolute atomic E-state index is 11.9. The van der Waals surface area contributed by atoms with Crippen molar-refractivity contribution in [1.82, 2.24) is 0 Å². The van der Waals surface area contributed by atoms with E-state index in [1.807, 2.05) is 37.3 Å². The second kappa shape index (κ2) is 5.37. The number of carbonyl (C=O) groups is 1. The van der Waals surface area contributed by atoms with Crippen LogP contribution in [0.5, 0.6) is 0 Å². The molecule has 1 heterocycles. The normalized spacial score (nSPS) is 10.8. The lowest BCUT2D eigenvalue weighted by molar-refractivity contribution is 0.0601. The molecule has 0 aliphatic carbocycles. The first-order chi connectivity index (χ1) is 10.1. The zero-order valence-electron chi connectivity index (χ0n) is 11.6. The largest absolute Gasteiger partial charge is 0.465 e.